The van der Waals surface area contributed by atoms with Gasteiger partial charge >= 0.3 is 94.6 Å². The van der Waals surface area contributed by atoms with E-state index < -0.39 is 12.0 Å². The molecule has 1 atom stereocenters. The van der Waals surface area contributed by atoms with E-state index in [2.05, 4.69) is 0 Å². The number of rotatable bonds is 1. The average Bonchev–Trinajstić information content (AvgIpc) is 1.36. The monoisotopic (exact) mass is 161 g/mol. The number of hydrogen-bond acceptors (Lipinski definition) is 2. The molecule has 0 aromatic heterocycles. The fraction of sp³-hybridized carbons (Fsp3) is 0.667. The molecule has 6 heteroatoms. The van der Waals surface area contributed by atoms with E-state index in [-0.39, 0.29) is 88.7 Å². The molecule has 3 nitrogen and oxygen atoms in total. The van der Waals surface area contributed by atoms with Crippen molar-refractivity contribution in [2.24, 2.45) is 5.73 Å². The summed E-state index contributed by atoms with van der Waals surface area (Å²) in [5.74, 6) is -0.963. The summed E-state index contributed by atoms with van der Waals surface area (Å²) >= 11 is 0. The van der Waals surface area contributed by atoms with Crippen LogP contribution in [0.25, 0.3) is 0 Å². The first kappa shape index (κ1) is 22.5. The van der Waals surface area contributed by atoms with Gasteiger partial charge in [0, 0.05) is 0 Å². The molecule has 0 saturated carbocycles. The molecule has 0 aliphatic heterocycles. The Morgan fingerprint density at radius 3 is 1.56 bits per heavy atom. The summed E-state index contributed by atoms with van der Waals surface area (Å²) in [6.45, 7) is 1.42. The number of carbonyl (C=O) groups is 1. The van der Waals surface area contributed by atoms with Crippen molar-refractivity contribution in [3.05, 3.63) is 0 Å². The van der Waals surface area contributed by atoms with E-state index in [4.69, 9.17) is 10.8 Å². The zero-order chi connectivity index (χ0) is 5.15. The Labute approximate surface area is 121 Å². The van der Waals surface area contributed by atoms with Crippen molar-refractivity contribution in [2.75, 3.05) is 0 Å². The molecule has 0 saturated heterocycles. The van der Waals surface area contributed by atoms with Crippen LogP contribution >= 0.6 is 0 Å². The number of nitrogens with two attached hydrogens (primary N) is 1. The average molecular weight is 161 g/mol. The van der Waals surface area contributed by atoms with Gasteiger partial charge in [-0.05, 0) is 6.92 Å². The van der Waals surface area contributed by atoms with Gasteiger partial charge in [-0.25, -0.2) is 0 Å². The second-order valence-electron chi connectivity index (χ2n) is 1.13. The summed E-state index contributed by atoms with van der Waals surface area (Å²) in [5.41, 5.74) is 4.84. The van der Waals surface area contributed by atoms with Crippen molar-refractivity contribution in [3.8, 4) is 0 Å². The summed E-state index contributed by atoms with van der Waals surface area (Å²) in [6, 6.07) is -0.731. The van der Waals surface area contributed by atoms with Crippen molar-refractivity contribution < 1.29 is 9.90 Å². The molecular weight excluding hydrogens is 151 g/mol. The summed E-state index contributed by atoms with van der Waals surface area (Å²) in [4.78, 5) is 9.57. The zero-order valence-corrected chi connectivity index (χ0v) is 3.51. The third-order valence-corrected chi connectivity index (χ3v) is 0.390. The van der Waals surface area contributed by atoms with Crippen molar-refractivity contribution >= 4 is 94.6 Å². The number of aliphatic carboxylic acids is 1. The third kappa shape index (κ3) is 17.9. The predicted octanol–water partition coefficient (Wildman–Crippen LogP) is -2.53. The molecular formula is C3H10NNa3O2. The molecule has 0 radical (unpaired) electrons. The Kier molecular flexibility index (Phi) is 32.7. The Morgan fingerprint density at radius 1 is 1.44 bits per heavy atom. The molecule has 0 aliphatic carbocycles. The third-order valence-electron chi connectivity index (χ3n) is 0.390. The maximum atomic E-state index is 9.57. The van der Waals surface area contributed by atoms with Gasteiger partial charge in [0.2, 0.25) is 0 Å². The van der Waals surface area contributed by atoms with Crippen LogP contribution in [0.15, 0.2) is 0 Å². The van der Waals surface area contributed by atoms with Gasteiger partial charge in [-0.1, -0.05) is 0 Å². The fourth-order valence-corrected chi connectivity index (χ4v) is 0. The predicted molar refractivity (Wildman–Crippen MR) is 42.7 cm³/mol. The van der Waals surface area contributed by atoms with Gasteiger partial charge in [0.15, 0.2) is 0 Å². The number of hydrogen-bond donors (Lipinski definition) is 2. The van der Waals surface area contributed by atoms with Gasteiger partial charge in [0.25, 0.3) is 0 Å². The van der Waals surface area contributed by atoms with Crippen LogP contribution in [0.5, 0.6) is 0 Å². The van der Waals surface area contributed by atoms with Crippen LogP contribution in [-0.4, -0.2) is 106 Å². The quantitative estimate of drug-likeness (QED) is 0.417. The van der Waals surface area contributed by atoms with Crippen LogP contribution in [0.2, 0.25) is 0 Å². The van der Waals surface area contributed by atoms with Crippen molar-refractivity contribution in [2.45, 2.75) is 13.0 Å². The zero-order valence-electron chi connectivity index (χ0n) is 3.51. The Balaban J connectivity index is -0.0000000417. The molecule has 0 bridgehead atoms. The standard InChI is InChI=1S/C3H7NO2.3Na.3H/c1-2(4)3(5)6;;;;;;/h2H,4H2,1H3,(H,5,6);;;;;;. The molecule has 3 N–H and O–H groups in total. The molecule has 1 unspecified atom stereocenters. The molecule has 0 aromatic rings. The van der Waals surface area contributed by atoms with E-state index in [0.29, 0.717) is 0 Å². The van der Waals surface area contributed by atoms with Crippen LogP contribution in [0, 0.1) is 0 Å². The molecule has 42 valence electrons. The SMILES string of the molecule is CC(N)C(=O)O.[NaH].[NaH].[NaH]. The van der Waals surface area contributed by atoms with E-state index in [1.165, 1.54) is 6.92 Å². The van der Waals surface area contributed by atoms with Gasteiger partial charge in [-0.3, -0.25) is 4.79 Å². The van der Waals surface area contributed by atoms with E-state index in [1.54, 1.807) is 0 Å². The van der Waals surface area contributed by atoms with Crippen LogP contribution in [0.3, 0.4) is 0 Å². The minimum absolute atomic E-state index is 0. The van der Waals surface area contributed by atoms with Crippen LogP contribution < -0.4 is 5.73 Å². The van der Waals surface area contributed by atoms with Gasteiger partial charge in [-0.2, -0.15) is 0 Å². The summed E-state index contributed by atoms with van der Waals surface area (Å²) < 4.78 is 0. The molecule has 0 heterocycles. The number of carboxylic acids is 1. The molecule has 0 rings (SSSR count). The second-order valence-corrected chi connectivity index (χ2v) is 1.13. The van der Waals surface area contributed by atoms with Gasteiger partial charge in [-0.15, -0.1) is 0 Å². The molecule has 0 aliphatic rings. The first-order valence-electron chi connectivity index (χ1n) is 1.63. The van der Waals surface area contributed by atoms with Crippen molar-refractivity contribution in [1.29, 1.82) is 0 Å². The van der Waals surface area contributed by atoms with Crippen LogP contribution in [0.4, 0.5) is 0 Å². The maximum absolute atomic E-state index is 9.57. The minimum atomic E-state index is -0.963. The normalized spacial score (nSPS) is 9.11. The molecule has 0 aromatic carbocycles. The second kappa shape index (κ2) is 13.1. The summed E-state index contributed by atoms with van der Waals surface area (Å²) in [6.07, 6.45) is 0. The topological polar surface area (TPSA) is 63.3 Å². The van der Waals surface area contributed by atoms with E-state index >= 15 is 0 Å². The van der Waals surface area contributed by atoms with Gasteiger partial charge in [0.05, 0.1) is 0 Å². The number of carboxylic acid groups (broad SMARTS) is 1. The first-order chi connectivity index (χ1) is 2.64. The summed E-state index contributed by atoms with van der Waals surface area (Å²) in [7, 11) is 0. The van der Waals surface area contributed by atoms with Crippen LogP contribution in [0.1, 0.15) is 6.92 Å². The van der Waals surface area contributed by atoms with Crippen molar-refractivity contribution in [1.82, 2.24) is 0 Å². The Morgan fingerprint density at radius 2 is 1.56 bits per heavy atom. The molecule has 0 spiro atoms. The molecule has 0 amide bonds. The first-order valence-corrected chi connectivity index (χ1v) is 1.63. The molecule has 0 fully saturated rings. The fourth-order valence-electron chi connectivity index (χ4n) is 0. The van der Waals surface area contributed by atoms with Crippen molar-refractivity contribution in [3.63, 3.8) is 0 Å². The van der Waals surface area contributed by atoms with E-state index in [9.17, 15) is 4.79 Å². The van der Waals surface area contributed by atoms with Crippen LogP contribution in [-0.2, 0) is 4.79 Å². The molecule has 9 heavy (non-hydrogen) atoms. The Hall–Kier alpha value is 2.43. The van der Waals surface area contributed by atoms with Gasteiger partial charge in [0.1, 0.15) is 6.04 Å². The van der Waals surface area contributed by atoms with E-state index in [1.807, 2.05) is 0 Å². The van der Waals surface area contributed by atoms with E-state index in [0.717, 1.165) is 0 Å². The van der Waals surface area contributed by atoms with Gasteiger partial charge < -0.3 is 10.8 Å². The Bertz CT molecular complexity index is 68.1. The summed E-state index contributed by atoms with van der Waals surface area (Å²) in [5, 5.41) is 7.87.